The number of halogens is 3. The molecule has 1 aromatic heterocycles. The zero-order valence-corrected chi connectivity index (χ0v) is 10.8. The van der Waals surface area contributed by atoms with Gasteiger partial charge in [0, 0.05) is 11.9 Å². The summed E-state index contributed by atoms with van der Waals surface area (Å²) in [6.07, 6.45) is -2.09. The largest absolute Gasteiger partial charge is 0.391 e. The van der Waals surface area contributed by atoms with Crippen LogP contribution in [0.4, 0.5) is 13.2 Å². The third-order valence-corrected chi connectivity index (χ3v) is 3.90. The Morgan fingerprint density at radius 3 is 2.63 bits per heavy atom. The lowest BCUT2D eigenvalue weighted by molar-refractivity contribution is -0.189. The van der Waals surface area contributed by atoms with E-state index in [-0.39, 0.29) is 18.8 Å². The van der Waals surface area contributed by atoms with E-state index in [0.29, 0.717) is 18.4 Å². The Kier molecular flexibility index (Phi) is 4.13. The first-order valence-corrected chi connectivity index (χ1v) is 6.55. The third-order valence-electron chi connectivity index (χ3n) is 3.90. The summed E-state index contributed by atoms with van der Waals surface area (Å²) < 4.78 is 38.2. The highest BCUT2D eigenvalue weighted by atomic mass is 19.4. The number of nitrogens with zero attached hydrogens (tertiary/aromatic N) is 1. The van der Waals surface area contributed by atoms with Crippen molar-refractivity contribution in [2.24, 2.45) is 11.8 Å². The number of hydrogen-bond donors (Lipinski definition) is 1. The molecule has 2 rings (SSSR count). The lowest BCUT2D eigenvalue weighted by atomic mass is 9.77. The maximum atomic E-state index is 12.7. The van der Waals surface area contributed by atoms with Crippen LogP contribution in [0.1, 0.15) is 43.0 Å². The fraction of sp³-hybridized carbons (Fsp3) is 0.643. The summed E-state index contributed by atoms with van der Waals surface area (Å²) in [7, 11) is 0. The van der Waals surface area contributed by atoms with Gasteiger partial charge < -0.3 is 5.11 Å². The fourth-order valence-electron chi connectivity index (χ4n) is 2.74. The van der Waals surface area contributed by atoms with E-state index in [1.165, 1.54) is 0 Å². The van der Waals surface area contributed by atoms with Crippen molar-refractivity contribution < 1.29 is 18.3 Å². The smallest absolute Gasteiger partial charge is 0.388 e. The Balaban J connectivity index is 2.06. The molecular formula is C14H18F3NO. The molecule has 0 saturated heterocycles. The highest BCUT2D eigenvalue weighted by Gasteiger charge is 2.43. The average molecular weight is 273 g/mol. The van der Waals surface area contributed by atoms with Crippen LogP contribution in [-0.2, 0) is 0 Å². The minimum Gasteiger partial charge on any atom is -0.388 e. The minimum absolute atomic E-state index is 0.0124. The first-order chi connectivity index (χ1) is 8.88. The van der Waals surface area contributed by atoms with Crippen molar-refractivity contribution in [3.05, 3.63) is 29.6 Å². The summed E-state index contributed by atoms with van der Waals surface area (Å²) in [6.45, 7) is 1.83. The van der Waals surface area contributed by atoms with Crippen LogP contribution in [0, 0.1) is 18.8 Å². The summed E-state index contributed by atoms with van der Waals surface area (Å²) >= 11 is 0. The normalized spacial score (nSPS) is 26.2. The standard InChI is InChI=1S/C14H18F3NO/c1-9-5-6-11(8-18-9)13(19)10-3-2-4-12(7-10)14(15,16)17/h5-6,8,10,12-13,19H,2-4,7H2,1H3. The van der Waals surface area contributed by atoms with E-state index in [4.69, 9.17) is 0 Å². The molecule has 5 heteroatoms. The van der Waals surface area contributed by atoms with Gasteiger partial charge in [-0.05, 0) is 43.7 Å². The van der Waals surface area contributed by atoms with Gasteiger partial charge in [0.1, 0.15) is 0 Å². The number of aryl methyl sites for hydroxylation is 1. The van der Waals surface area contributed by atoms with Crippen molar-refractivity contribution in [1.82, 2.24) is 4.98 Å². The van der Waals surface area contributed by atoms with Gasteiger partial charge in [-0.1, -0.05) is 12.5 Å². The quantitative estimate of drug-likeness (QED) is 0.889. The Morgan fingerprint density at radius 2 is 2.05 bits per heavy atom. The van der Waals surface area contributed by atoms with Crippen molar-refractivity contribution in [2.75, 3.05) is 0 Å². The van der Waals surface area contributed by atoms with E-state index in [1.807, 2.05) is 6.92 Å². The molecule has 3 atom stereocenters. The number of aromatic nitrogens is 1. The highest BCUT2D eigenvalue weighted by Crippen LogP contribution is 2.43. The second kappa shape index (κ2) is 5.49. The lowest BCUT2D eigenvalue weighted by Gasteiger charge is -2.33. The second-order valence-electron chi connectivity index (χ2n) is 5.34. The van der Waals surface area contributed by atoms with Crippen molar-refractivity contribution in [3.8, 4) is 0 Å². The van der Waals surface area contributed by atoms with Gasteiger partial charge in [0.25, 0.3) is 0 Å². The van der Waals surface area contributed by atoms with Crippen LogP contribution in [0.3, 0.4) is 0 Å². The first-order valence-electron chi connectivity index (χ1n) is 6.55. The number of hydrogen-bond acceptors (Lipinski definition) is 2. The van der Waals surface area contributed by atoms with Crippen molar-refractivity contribution >= 4 is 0 Å². The molecule has 0 bridgehead atoms. The molecule has 0 aromatic carbocycles. The summed E-state index contributed by atoms with van der Waals surface area (Å²) in [5.41, 5.74) is 1.44. The lowest BCUT2D eigenvalue weighted by Crippen LogP contribution is -2.31. The van der Waals surface area contributed by atoms with E-state index in [9.17, 15) is 18.3 Å². The second-order valence-corrected chi connectivity index (χ2v) is 5.34. The molecule has 1 aliphatic rings. The average Bonchev–Trinajstić information content (AvgIpc) is 2.38. The minimum atomic E-state index is -4.15. The van der Waals surface area contributed by atoms with Crippen LogP contribution in [-0.4, -0.2) is 16.3 Å². The third kappa shape index (κ3) is 3.47. The van der Waals surface area contributed by atoms with Gasteiger partial charge in [0.05, 0.1) is 12.0 Å². The van der Waals surface area contributed by atoms with Gasteiger partial charge in [-0.25, -0.2) is 0 Å². The van der Waals surface area contributed by atoms with Gasteiger partial charge in [0.15, 0.2) is 0 Å². The predicted octanol–water partition coefficient (Wildman–Crippen LogP) is 3.79. The number of pyridine rings is 1. The number of aliphatic hydroxyl groups is 1. The van der Waals surface area contributed by atoms with E-state index >= 15 is 0 Å². The van der Waals surface area contributed by atoms with Crippen LogP contribution in [0.15, 0.2) is 18.3 Å². The molecule has 1 aliphatic carbocycles. The molecule has 1 N–H and O–H groups in total. The SMILES string of the molecule is Cc1ccc(C(O)C2CCCC(C(F)(F)F)C2)cn1. The van der Waals surface area contributed by atoms with Gasteiger partial charge in [-0.15, -0.1) is 0 Å². The maximum Gasteiger partial charge on any atom is 0.391 e. The molecule has 3 unspecified atom stereocenters. The predicted molar refractivity (Wildman–Crippen MR) is 65.4 cm³/mol. The van der Waals surface area contributed by atoms with Gasteiger partial charge in [-0.2, -0.15) is 13.2 Å². The maximum absolute atomic E-state index is 12.7. The molecule has 1 saturated carbocycles. The molecule has 0 spiro atoms. The Morgan fingerprint density at radius 1 is 1.32 bits per heavy atom. The molecule has 0 amide bonds. The summed E-state index contributed by atoms with van der Waals surface area (Å²) in [5.74, 6) is -1.61. The van der Waals surface area contributed by atoms with E-state index < -0.39 is 18.2 Å². The number of aliphatic hydroxyl groups excluding tert-OH is 1. The van der Waals surface area contributed by atoms with Gasteiger partial charge in [0.2, 0.25) is 0 Å². The molecule has 1 heterocycles. The summed E-state index contributed by atoms with van der Waals surface area (Å²) in [4.78, 5) is 4.08. The highest BCUT2D eigenvalue weighted by molar-refractivity contribution is 5.16. The molecule has 19 heavy (non-hydrogen) atoms. The van der Waals surface area contributed by atoms with Gasteiger partial charge >= 0.3 is 6.18 Å². The topological polar surface area (TPSA) is 33.1 Å². The summed E-state index contributed by atoms with van der Waals surface area (Å²) in [6, 6.07) is 3.51. The molecule has 1 aromatic rings. The molecule has 0 aliphatic heterocycles. The van der Waals surface area contributed by atoms with E-state index in [0.717, 1.165) is 5.69 Å². The zero-order chi connectivity index (χ0) is 14.0. The van der Waals surface area contributed by atoms with Crippen molar-refractivity contribution in [2.45, 2.75) is 44.9 Å². The number of alkyl halides is 3. The monoisotopic (exact) mass is 273 g/mol. The Hall–Kier alpha value is -1.10. The van der Waals surface area contributed by atoms with Crippen molar-refractivity contribution in [1.29, 1.82) is 0 Å². The molecular weight excluding hydrogens is 255 g/mol. The molecule has 0 radical (unpaired) electrons. The molecule has 2 nitrogen and oxygen atoms in total. The Labute approximate surface area is 110 Å². The Bertz CT molecular complexity index is 416. The van der Waals surface area contributed by atoms with Crippen LogP contribution in [0.5, 0.6) is 0 Å². The summed E-state index contributed by atoms with van der Waals surface area (Å²) in [5, 5.41) is 10.2. The van der Waals surface area contributed by atoms with E-state index in [1.54, 1.807) is 18.3 Å². The van der Waals surface area contributed by atoms with Gasteiger partial charge in [-0.3, -0.25) is 4.98 Å². The van der Waals surface area contributed by atoms with Crippen LogP contribution < -0.4 is 0 Å². The fourth-order valence-corrected chi connectivity index (χ4v) is 2.74. The molecule has 1 fully saturated rings. The zero-order valence-electron chi connectivity index (χ0n) is 10.8. The van der Waals surface area contributed by atoms with E-state index in [2.05, 4.69) is 4.98 Å². The van der Waals surface area contributed by atoms with Crippen LogP contribution >= 0.6 is 0 Å². The number of rotatable bonds is 2. The molecule has 106 valence electrons. The van der Waals surface area contributed by atoms with Crippen molar-refractivity contribution in [3.63, 3.8) is 0 Å². The van der Waals surface area contributed by atoms with Crippen LogP contribution in [0.25, 0.3) is 0 Å². The first kappa shape index (κ1) is 14.3. The van der Waals surface area contributed by atoms with Crippen LogP contribution in [0.2, 0.25) is 0 Å².